The van der Waals surface area contributed by atoms with E-state index in [2.05, 4.69) is 31.0 Å². The SMILES string of the molecule is CC#CCCN[C@H](CO)C(C)C. The smallest absolute Gasteiger partial charge is 0.0587 e. The van der Waals surface area contributed by atoms with Crippen LogP contribution in [0.4, 0.5) is 0 Å². The lowest BCUT2D eigenvalue weighted by molar-refractivity contribution is 0.212. The van der Waals surface area contributed by atoms with Gasteiger partial charge in [-0.25, -0.2) is 0 Å². The van der Waals surface area contributed by atoms with Crippen molar-refractivity contribution in [3.8, 4) is 11.8 Å². The third-order valence-electron chi connectivity index (χ3n) is 1.83. The van der Waals surface area contributed by atoms with Crippen molar-refractivity contribution < 1.29 is 5.11 Å². The Morgan fingerprint density at radius 1 is 1.42 bits per heavy atom. The van der Waals surface area contributed by atoms with Gasteiger partial charge < -0.3 is 10.4 Å². The molecule has 2 nitrogen and oxygen atoms in total. The summed E-state index contributed by atoms with van der Waals surface area (Å²) in [5.74, 6) is 6.29. The van der Waals surface area contributed by atoms with E-state index in [0.29, 0.717) is 5.92 Å². The topological polar surface area (TPSA) is 32.3 Å². The molecule has 0 unspecified atom stereocenters. The fraction of sp³-hybridized carbons (Fsp3) is 0.800. The van der Waals surface area contributed by atoms with Gasteiger partial charge in [0, 0.05) is 19.0 Å². The monoisotopic (exact) mass is 169 g/mol. The molecule has 2 N–H and O–H groups in total. The quantitative estimate of drug-likeness (QED) is 0.475. The Hall–Kier alpha value is -0.520. The molecule has 70 valence electrons. The van der Waals surface area contributed by atoms with Gasteiger partial charge in [-0.1, -0.05) is 13.8 Å². The van der Waals surface area contributed by atoms with Crippen molar-refractivity contribution in [3.63, 3.8) is 0 Å². The number of aliphatic hydroxyl groups is 1. The molecular weight excluding hydrogens is 150 g/mol. The third-order valence-corrected chi connectivity index (χ3v) is 1.83. The van der Waals surface area contributed by atoms with E-state index in [1.54, 1.807) is 0 Å². The van der Waals surface area contributed by atoms with E-state index in [1.807, 2.05) is 6.92 Å². The lowest BCUT2D eigenvalue weighted by Gasteiger charge is -2.18. The average Bonchev–Trinajstić information content (AvgIpc) is 2.04. The predicted molar refractivity (Wildman–Crippen MR) is 51.8 cm³/mol. The minimum absolute atomic E-state index is 0.206. The zero-order valence-electron chi connectivity index (χ0n) is 8.22. The molecule has 0 aromatic rings. The van der Waals surface area contributed by atoms with Crippen LogP contribution < -0.4 is 5.32 Å². The third kappa shape index (κ3) is 5.17. The van der Waals surface area contributed by atoms with Crippen molar-refractivity contribution in [2.24, 2.45) is 5.92 Å². The summed E-state index contributed by atoms with van der Waals surface area (Å²) in [6.07, 6.45) is 0.861. The van der Waals surface area contributed by atoms with E-state index >= 15 is 0 Å². The summed E-state index contributed by atoms with van der Waals surface area (Å²) in [5.41, 5.74) is 0. The maximum Gasteiger partial charge on any atom is 0.0587 e. The molecule has 2 heteroatoms. The van der Waals surface area contributed by atoms with Crippen LogP contribution in [0.1, 0.15) is 27.2 Å². The highest BCUT2D eigenvalue weighted by Gasteiger charge is 2.09. The van der Waals surface area contributed by atoms with Crippen LogP contribution in [0.5, 0.6) is 0 Å². The second kappa shape index (κ2) is 7.15. The standard InChI is InChI=1S/C10H19NO/c1-4-5-6-7-11-10(8-12)9(2)3/h9-12H,6-8H2,1-3H3/t10-/m1/s1. The van der Waals surface area contributed by atoms with E-state index in [0.717, 1.165) is 13.0 Å². The Morgan fingerprint density at radius 2 is 2.08 bits per heavy atom. The first-order valence-electron chi connectivity index (χ1n) is 4.46. The Kier molecular flexibility index (Phi) is 6.84. The molecular formula is C10H19NO. The second-order valence-electron chi connectivity index (χ2n) is 3.16. The van der Waals surface area contributed by atoms with Crippen molar-refractivity contribution >= 4 is 0 Å². The first-order chi connectivity index (χ1) is 5.72. The fourth-order valence-electron chi connectivity index (χ4n) is 0.956. The Labute approximate surface area is 75.4 Å². The molecule has 0 fully saturated rings. The fourth-order valence-corrected chi connectivity index (χ4v) is 0.956. The van der Waals surface area contributed by atoms with Gasteiger partial charge in [0.1, 0.15) is 0 Å². The summed E-state index contributed by atoms with van der Waals surface area (Å²) < 4.78 is 0. The van der Waals surface area contributed by atoms with Crippen LogP contribution in [0.25, 0.3) is 0 Å². The van der Waals surface area contributed by atoms with Crippen molar-refractivity contribution in [2.45, 2.75) is 33.2 Å². The van der Waals surface area contributed by atoms with E-state index in [4.69, 9.17) is 5.11 Å². The van der Waals surface area contributed by atoms with Gasteiger partial charge in [0.05, 0.1) is 6.61 Å². The highest BCUT2D eigenvalue weighted by atomic mass is 16.3. The van der Waals surface area contributed by atoms with Crippen molar-refractivity contribution in [3.05, 3.63) is 0 Å². The van der Waals surface area contributed by atoms with Crippen LogP contribution in [0, 0.1) is 17.8 Å². The molecule has 0 saturated heterocycles. The molecule has 0 aromatic heterocycles. The van der Waals surface area contributed by atoms with Crippen LogP contribution in [0.15, 0.2) is 0 Å². The van der Waals surface area contributed by atoms with Gasteiger partial charge in [-0.2, -0.15) is 0 Å². The van der Waals surface area contributed by atoms with Crippen molar-refractivity contribution in [1.82, 2.24) is 5.32 Å². The minimum atomic E-state index is 0.206. The minimum Gasteiger partial charge on any atom is -0.395 e. The van der Waals surface area contributed by atoms with Gasteiger partial charge in [-0.3, -0.25) is 0 Å². The first kappa shape index (κ1) is 11.5. The zero-order valence-corrected chi connectivity index (χ0v) is 8.22. The van der Waals surface area contributed by atoms with Crippen molar-refractivity contribution in [1.29, 1.82) is 0 Å². The van der Waals surface area contributed by atoms with Crippen LogP contribution in [0.3, 0.4) is 0 Å². The largest absolute Gasteiger partial charge is 0.395 e. The Morgan fingerprint density at radius 3 is 2.50 bits per heavy atom. The molecule has 0 heterocycles. The summed E-state index contributed by atoms with van der Waals surface area (Å²) in [6, 6.07) is 0.212. The van der Waals surface area contributed by atoms with Crippen LogP contribution in [0.2, 0.25) is 0 Å². The summed E-state index contributed by atoms with van der Waals surface area (Å²) >= 11 is 0. The van der Waals surface area contributed by atoms with Gasteiger partial charge in [-0.05, 0) is 12.8 Å². The van der Waals surface area contributed by atoms with E-state index < -0.39 is 0 Å². The number of hydrogen-bond donors (Lipinski definition) is 2. The van der Waals surface area contributed by atoms with E-state index in [1.165, 1.54) is 0 Å². The molecule has 0 aliphatic heterocycles. The van der Waals surface area contributed by atoms with Gasteiger partial charge in [-0.15, -0.1) is 11.8 Å². The lowest BCUT2D eigenvalue weighted by atomic mass is 10.1. The van der Waals surface area contributed by atoms with Crippen LogP contribution >= 0.6 is 0 Å². The molecule has 0 amide bonds. The number of aliphatic hydroxyl groups excluding tert-OH is 1. The maximum absolute atomic E-state index is 8.95. The van der Waals surface area contributed by atoms with Crippen LogP contribution in [-0.2, 0) is 0 Å². The number of rotatable bonds is 5. The van der Waals surface area contributed by atoms with Gasteiger partial charge in [0.15, 0.2) is 0 Å². The molecule has 0 saturated carbocycles. The molecule has 0 spiro atoms. The molecule has 0 aliphatic carbocycles. The average molecular weight is 169 g/mol. The lowest BCUT2D eigenvalue weighted by Crippen LogP contribution is -2.37. The molecule has 0 bridgehead atoms. The zero-order chi connectivity index (χ0) is 9.40. The molecule has 0 aromatic carbocycles. The number of hydrogen-bond acceptors (Lipinski definition) is 2. The second-order valence-corrected chi connectivity index (χ2v) is 3.16. The van der Waals surface area contributed by atoms with Crippen LogP contribution in [-0.4, -0.2) is 24.3 Å². The molecule has 1 atom stereocenters. The van der Waals surface area contributed by atoms with Gasteiger partial charge in [0.2, 0.25) is 0 Å². The molecule has 0 aliphatic rings. The van der Waals surface area contributed by atoms with Gasteiger partial charge in [0.25, 0.3) is 0 Å². The molecule has 0 rings (SSSR count). The summed E-state index contributed by atoms with van der Waals surface area (Å²) in [4.78, 5) is 0. The normalized spacial score (nSPS) is 12.4. The predicted octanol–water partition coefficient (Wildman–Crippen LogP) is 1.01. The first-order valence-corrected chi connectivity index (χ1v) is 4.46. The van der Waals surface area contributed by atoms with E-state index in [9.17, 15) is 0 Å². The molecule has 0 radical (unpaired) electrons. The summed E-state index contributed by atoms with van der Waals surface area (Å²) in [5, 5.41) is 12.2. The Bertz CT molecular complexity index is 155. The van der Waals surface area contributed by atoms with Crippen molar-refractivity contribution in [2.75, 3.05) is 13.2 Å². The summed E-state index contributed by atoms with van der Waals surface area (Å²) in [6.45, 7) is 7.10. The molecule has 12 heavy (non-hydrogen) atoms. The maximum atomic E-state index is 8.95. The highest BCUT2D eigenvalue weighted by Crippen LogP contribution is 1.99. The summed E-state index contributed by atoms with van der Waals surface area (Å²) in [7, 11) is 0. The highest BCUT2D eigenvalue weighted by molar-refractivity contribution is 4.95. The number of nitrogens with one attached hydrogen (secondary N) is 1. The van der Waals surface area contributed by atoms with E-state index in [-0.39, 0.29) is 12.6 Å². The van der Waals surface area contributed by atoms with Gasteiger partial charge >= 0.3 is 0 Å². The Balaban J connectivity index is 3.49.